The number of aliphatic hydroxyl groups excluding tert-OH is 1. The summed E-state index contributed by atoms with van der Waals surface area (Å²) >= 11 is 0. The van der Waals surface area contributed by atoms with Gasteiger partial charge in [0.2, 0.25) is 11.8 Å². The summed E-state index contributed by atoms with van der Waals surface area (Å²) in [6.45, 7) is 1.96. The minimum absolute atomic E-state index is 0.108. The minimum atomic E-state index is -3.99. The number of hydrogen-bond donors (Lipinski definition) is 2. The van der Waals surface area contributed by atoms with Gasteiger partial charge in [-0.1, -0.05) is 31.9 Å². The second-order valence-electron chi connectivity index (χ2n) is 9.69. The number of amides is 2. The van der Waals surface area contributed by atoms with Gasteiger partial charge in [0.1, 0.15) is 0 Å². The molecule has 9 nitrogen and oxygen atoms in total. The van der Waals surface area contributed by atoms with Gasteiger partial charge in [0.05, 0.1) is 17.6 Å². The molecule has 0 aromatic carbocycles. The molecule has 0 aromatic heterocycles. The summed E-state index contributed by atoms with van der Waals surface area (Å²) in [5.41, 5.74) is -1.15. The molecule has 0 bridgehead atoms. The predicted molar refractivity (Wildman–Crippen MR) is 118 cm³/mol. The maximum atomic E-state index is 13.3. The number of nitrogens with zero attached hydrogens (tertiary/aromatic N) is 2. The lowest BCUT2D eigenvalue weighted by atomic mass is 9.91. The van der Waals surface area contributed by atoms with Crippen molar-refractivity contribution in [1.82, 2.24) is 13.9 Å². The molecule has 0 aromatic rings. The molecule has 0 spiro atoms. The van der Waals surface area contributed by atoms with E-state index in [0.717, 1.165) is 36.4 Å². The van der Waals surface area contributed by atoms with Crippen LogP contribution in [0.5, 0.6) is 0 Å². The van der Waals surface area contributed by atoms with Gasteiger partial charge in [-0.05, 0) is 31.6 Å². The minimum Gasteiger partial charge on any atom is -0.391 e. The molecule has 5 atom stereocenters. The second-order valence-corrected chi connectivity index (χ2v) is 11.6. The number of rotatable bonds is 3. The zero-order chi connectivity index (χ0) is 23.7. The molecular weight excluding hydrogens is 434 g/mol. The van der Waals surface area contributed by atoms with Crippen LogP contribution in [-0.4, -0.2) is 73.1 Å². The number of Topliss-reactive ketones (excluding diaryl/α,β-unsaturated/α-hetero) is 1. The molecule has 0 unspecified atom stereocenters. The lowest BCUT2D eigenvalue weighted by Crippen LogP contribution is -2.47. The summed E-state index contributed by atoms with van der Waals surface area (Å²) in [7, 11) is -1.34. The molecule has 10 heteroatoms. The standard InChI is InChI=1S/C22H35N3O6S/c1-15-9-7-5-4-6-8-10-16-12-22(16,21(29)23-32(30,31)24(2)3)13-19(27)18-11-17(26)14-25(18)20(15)28/h8,10,15-18,26H,4-7,9,11-14H2,1-3H3,(H,23,29)/b10-8-/t15-,16+,17+,18-,22+/m0/s1. The largest absolute Gasteiger partial charge is 0.391 e. The van der Waals surface area contributed by atoms with Crippen LogP contribution in [0.2, 0.25) is 0 Å². The Kier molecular flexibility index (Phi) is 7.46. The van der Waals surface area contributed by atoms with Gasteiger partial charge in [-0.15, -0.1) is 0 Å². The molecule has 2 aliphatic heterocycles. The van der Waals surface area contributed by atoms with Crippen LogP contribution in [0.4, 0.5) is 0 Å². The van der Waals surface area contributed by atoms with E-state index in [1.807, 2.05) is 19.1 Å². The van der Waals surface area contributed by atoms with Crippen LogP contribution in [0.1, 0.15) is 58.3 Å². The third kappa shape index (κ3) is 5.23. The Morgan fingerprint density at radius 2 is 1.97 bits per heavy atom. The van der Waals surface area contributed by atoms with E-state index < -0.39 is 33.7 Å². The van der Waals surface area contributed by atoms with Crippen LogP contribution < -0.4 is 4.72 Å². The average Bonchev–Trinajstić information content (AvgIpc) is 3.26. The first-order chi connectivity index (χ1) is 15.0. The van der Waals surface area contributed by atoms with Gasteiger partial charge in [0.25, 0.3) is 0 Å². The Balaban J connectivity index is 1.88. The molecule has 2 amide bonds. The Hall–Kier alpha value is -1.78. The number of ketones is 1. The number of carbonyl (C=O) groups is 3. The summed E-state index contributed by atoms with van der Waals surface area (Å²) in [5, 5.41) is 10.2. The monoisotopic (exact) mass is 469 g/mol. The van der Waals surface area contributed by atoms with E-state index in [1.165, 1.54) is 19.0 Å². The van der Waals surface area contributed by atoms with Crippen molar-refractivity contribution >= 4 is 27.8 Å². The van der Waals surface area contributed by atoms with Gasteiger partial charge in [0.15, 0.2) is 5.78 Å². The number of allylic oxidation sites excluding steroid dienone is 2. The van der Waals surface area contributed by atoms with Crippen molar-refractivity contribution in [3.8, 4) is 0 Å². The summed E-state index contributed by atoms with van der Waals surface area (Å²) in [6, 6.07) is -0.787. The summed E-state index contributed by atoms with van der Waals surface area (Å²) in [4.78, 5) is 40.8. The first-order valence-electron chi connectivity index (χ1n) is 11.4. The third-order valence-corrected chi connectivity index (χ3v) is 8.41. The normalized spacial score (nSPS) is 35.5. The molecule has 2 heterocycles. The smallest absolute Gasteiger partial charge is 0.303 e. The molecular formula is C22H35N3O6S. The summed E-state index contributed by atoms with van der Waals surface area (Å²) in [6.07, 6.45) is 7.92. The van der Waals surface area contributed by atoms with Gasteiger partial charge in [-0.2, -0.15) is 12.7 Å². The van der Waals surface area contributed by atoms with Crippen molar-refractivity contribution in [1.29, 1.82) is 0 Å². The van der Waals surface area contributed by atoms with Crippen LogP contribution in [0, 0.1) is 17.3 Å². The molecule has 2 N–H and O–H groups in total. The van der Waals surface area contributed by atoms with Crippen molar-refractivity contribution in [2.75, 3.05) is 20.6 Å². The fourth-order valence-electron chi connectivity index (χ4n) is 4.79. The van der Waals surface area contributed by atoms with Crippen molar-refractivity contribution in [3.05, 3.63) is 12.2 Å². The second kappa shape index (κ2) is 9.61. The fraction of sp³-hybridized carbons (Fsp3) is 0.773. The van der Waals surface area contributed by atoms with Crippen LogP contribution in [0.3, 0.4) is 0 Å². The highest BCUT2D eigenvalue weighted by molar-refractivity contribution is 7.87. The van der Waals surface area contributed by atoms with E-state index in [9.17, 15) is 27.9 Å². The quantitative estimate of drug-likeness (QED) is 0.594. The van der Waals surface area contributed by atoms with Crippen molar-refractivity contribution in [3.63, 3.8) is 0 Å². The zero-order valence-electron chi connectivity index (χ0n) is 19.1. The van der Waals surface area contributed by atoms with Crippen molar-refractivity contribution < 1.29 is 27.9 Å². The Morgan fingerprint density at radius 3 is 2.66 bits per heavy atom. The fourth-order valence-corrected chi connectivity index (χ4v) is 5.41. The molecule has 32 heavy (non-hydrogen) atoms. The molecule has 3 aliphatic rings. The Bertz CT molecular complexity index is 886. The molecule has 1 saturated carbocycles. The van der Waals surface area contributed by atoms with Gasteiger partial charge in [0, 0.05) is 39.4 Å². The summed E-state index contributed by atoms with van der Waals surface area (Å²) in [5.74, 6) is -1.61. The van der Waals surface area contributed by atoms with E-state index >= 15 is 0 Å². The SMILES string of the molecule is C[C@H]1CCCCC/C=C\[C@@H]2C[C@@]2(C(=O)NS(=O)(=O)N(C)C)CC(=O)[C@@H]2C[C@@H](O)CN2C1=O. The predicted octanol–water partition coefficient (Wildman–Crippen LogP) is 0.993. The maximum absolute atomic E-state index is 13.3. The van der Waals surface area contributed by atoms with Crippen molar-refractivity contribution in [2.45, 2.75) is 70.4 Å². The zero-order valence-corrected chi connectivity index (χ0v) is 19.9. The lowest BCUT2D eigenvalue weighted by Gasteiger charge is -2.28. The highest BCUT2D eigenvalue weighted by Gasteiger charge is 2.61. The number of hydrogen-bond acceptors (Lipinski definition) is 6. The van der Waals surface area contributed by atoms with Crippen LogP contribution in [-0.2, 0) is 24.6 Å². The van der Waals surface area contributed by atoms with Crippen LogP contribution in [0.25, 0.3) is 0 Å². The third-order valence-electron chi connectivity index (χ3n) is 7.01. The van der Waals surface area contributed by atoms with Gasteiger partial charge in [-0.3, -0.25) is 14.4 Å². The Labute approximate surface area is 190 Å². The molecule has 0 radical (unpaired) electrons. The topological polar surface area (TPSA) is 124 Å². The van der Waals surface area contributed by atoms with Gasteiger partial charge in [-0.25, -0.2) is 4.72 Å². The average molecular weight is 470 g/mol. The van der Waals surface area contributed by atoms with Gasteiger partial charge < -0.3 is 10.0 Å². The number of aliphatic hydroxyl groups is 1. The van der Waals surface area contributed by atoms with E-state index in [4.69, 9.17) is 0 Å². The highest BCUT2D eigenvalue weighted by Crippen LogP contribution is 2.57. The lowest BCUT2D eigenvalue weighted by molar-refractivity contribution is -0.141. The number of nitrogens with one attached hydrogen (secondary N) is 1. The first-order valence-corrected chi connectivity index (χ1v) is 12.8. The molecule has 3 rings (SSSR count). The van der Waals surface area contributed by atoms with Crippen molar-refractivity contribution in [2.24, 2.45) is 17.3 Å². The van der Waals surface area contributed by atoms with E-state index in [-0.39, 0.29) is 42.9 Å². The number of fused-ring (bicyclic) bond motifs is 2. The first kappa shape index (κ1) is 24.9. The van der Waals surface area contributed by atoms with Crippen LogP contribution in [0.15, 0.2) is 12.2 Å². The van der Waals surface area contributed by atoms with E-state index in [0.29, 0.717) is 6.42 Å². The Morgan fingerprint density at radius 1 is 1.25 bits per heavy atom. The maximum Gasteiger partial charge on any atom is 0.303 e. The van der Waals surface area contributed by atoms with Crippen LogP contribution >= 0.6 is 0 Å². The highest BCUT2D eigenvalue weighted by atomic mass is 32.2. The summed E-state index contributed by atoms with van der Waals surface area (Å²) < 4.78 is 27.5. The molecule has 1 aliphatic carbocycles. The van der Waals surface area contributed by atoms with Gasteiger partial charge >= 0.3 is 10.2 Å². The molecule has 180 valence electrons. The molecule has 2 fully saturated rings. The number of carbonyl (C=O) groups excluding carboxylic acids is 3. The van der Waals surface area contributed by atoms with E-state index in [2.05, 4.69) is 4.72 Å². The molecule has 1 saturated heterocycles. The van der Waals surface area contributed by atoms with E-state index in [1.54, 1.807) is 0 Å².